The van der Waals surface area contributed by atoms with Crippen molar-refractivity contribution in [2.24, 2.45) is 0 Å². The van der Waals surface area contributed by atoms with Crippen molar-refractivity contribution in [3.63, 3.8) is 0 Å². The van der Waals surface area contributed by atoms with Gasteiger partial charge in [-0.25, -0.2) is 0 Å². The monoisotopic (exact) mass is 390 g/mol. The molecule has 27 heavy (non-hydrogen) atoms. The van der Waals surface area contributed by atoms with Crippen LogP contribution in [0.4, 0.5) is 0 Å². The van der Waals surface area contributed by atoms with E-state index in [1.807, 2.05) is 31.2 Å². The number of ether oxygens (including phenoxy) is 4. The Balaban J connectivity index is 0.000000541. The zero-order valence-corrected chi connectivity index (χ0v) is 16.5. The molecule has 0 fully saturated rings. The number of rotatable bonds is 13. The fraction of sp³-hybridized carbons (Fsp3) is 0.684. The molecule has 0 amide bonds. The smallest absolute Gasteiger partial charge is 0.184 e. The second kappa shape index (κ2) is 15.9. The molecule has 1 aromatic rings. The lowest BCUT2D eigenvalue weighted by Crippen LogP contribution is -2.30. The molecule has 0 heterocycles. The van der Waals surface area contributed by atoms with Crippen LogP contribution in [-0.2, 0) is 18.9 Å². The van der Waals surface area contributed by atoms with Gasteiger partial charge >= 0.3 is 0 Å². The predicted octanol–water partition coefficient (Wildman–Crippen LogP) is 0.752. The van der Waals surface area contributed by atoms with Gasteiger partial charge in [-0.15, -0.1) is 0 Å². The van der Waals surface area contributed by atoms with E-state index in [9.17, 15) is 0 Å². The summed E-state index contributed by atoms with van der Waals surface area (Å²) in [5.74, 6) is -0.717. The summed E-state index contributed by atoms with van der Waals surface area (Å²) in [7, 11) is 0. The molecule has 0 saturated carbocycles. The van der Waals surface area contributed by atoms with Gasteiger partial charge in [-0.2, -0.15) is 0 Å². The van der Waals surface area contributed by atoms with Crippen molar-refractivity contribution >= 4 is 0 Å². The first-order valence-corrected chi connectivity index (χ1v) is 8.91. The Morgan fingerprint density at radius 1 is 0.741 bits per heavy atom. The molecule has 0 aliphatic carbocycles. The average Bonchev–Trinajstić information content (AvgIpc) is 2.66. The lowest BCUT2D eigenvalue weighted by atomic mass is 10.1. The summed E-state index contributed by atoms with van der Waals surface area (Å²) in [5.41, 5.74) is 2.04. The fourth-order valence-corrected chi connectivity index (χ4v) is 1.91. The maximum atomic E-state index is 8.70. The zero-order valence-electron chi connectivity index (χ0n) is 16.5. The van der Waals surface area contributed by atoms with Crippen molar-refractivity contribution in [1.29, 1.82) is 0 Å². The molecule has 4 N–H and O–H groups in total. The molecule has 0 saturated heterocycles. The van der Waals surface area contributed by atoms with Gasteiger partial charge < -0.3 is 39.4 Å². The van der Waals surface area contributed by atoms with Crippen molar-refractivity contribution in [2.75, 3.05) is 52.9 Å². The fourth-order valence-electron chi connectivity index (χ4n) is 1.91. The highest BCUT2D eigenvalue weighted by Crippen LogP contribution is 2.19. The van der Waals surface area contributed by atoms with Gasteiger partial charge in [0.2, 0.25) is 0 Å². The highest BCUT2D eigenvalue weighted by molar-refractivity contribution is 5.22. The standard InChI is InChI=1S/C12H18O4.C7H16O4/c1-10-2-4-11(5-3-10)12(15-8-6-13)16-9-7-14;1-7(2,10-5-3-8)11-6-4-9/h2-5,12-14H,6-9H2,1H3;8-9H,3-6H2,1-2H3. The van der Waals surface area contributed by atoms with E-state index >= 15 is 0 Å². The Hall–Kier alpha value is -1.10. The molecule has 8 nitrogen and oxygen atoms in total. The van der Waals surface area contributed by atoms with Crippen LogP contribution in [0.3, 0.4) is 0 Å². The Kier molecular flexibility index (Phi) is 15.3. The molecule has 0 atom stereocenters. The van der Waals surface area contributed by atoms with Crippen molar-refractivity contribution in [1.82, 2.24) is 0 Å². The van der Waals surface area contributed by atoms with Crippen LogP contribution < -0.4 is 0 Å². The maximum Gasteiger partial charge on any atom is 0.184 e. The van der Waals surface area contributed by atoms with Crippen LogP contribution in [0.2, 0.25) is 0 Å². The summed E-state index contributed by atoms with van der Waals surface area (Å²) < 4.78 is 20.9. The van der Waals surface area contributed by atoms with Gasteiger partial charge in [-0.3, -0.25) is 0 Å². The summed E-state index contributed by atoms with van der Waals surface area (Å²) in [5, 5.41) is 34.3. The van der Waals surface area contributed by atoms with Crippen LogP contribution in [0.25, 0.3) is 0 Å². The Bertz CT molecular complexity index is 432. The first kappa shape index (κ1) is 25.9. The lowest BCUT2D eigenvalue weighted by molar-refractivity contribution is -0.219. The van der Waals surface area contributed by atoms with Crippen LogP contribution in [0.1, 0.15) is 31.3 Å². The Morgan fingerprint density at radius 2 is 1.15 bits per heavy atom. The molecular formula is C19H34O8. The molecule has 1 rings (SSSR count). The van der Waals surface area contributed by atoms with Crippen LogP contribution >= 0.6 is 0 Å². The van der Waals surface area contributed by atoms with E-state index < -0.39 is 12.1 Å². The van der Waals surface area contributed by atoms with E-state index in [0.29, 0.717) is 0 Å². The number of aliphatic hydroxyl groups is 4. The summed E-state index contributed by atoms with van der Waals surface area (Å²) in [6, 6.07) is 7.75. The van der Waals surface area contributed by atoms with Gasteiger partial charge in [0.1, 0.15) is 0 Å². The maximum absolute atomic E-state index is 8.70. The number of aliphatic hydroxyl groups excluding tert-OH is 4. The highest BCUT2D eigenvalue weighted by Gasteiger charge is 2.17. The average molecular weight is 390 g/mol. The molecule has 0 aromatic heterocycles. The van der Waals surface area contributed by atoms with Crippen molar-refractivity contribution in [3.8, 4) is 0 Å². The third kappa shape index (κ3) is 13.7. The lowest BCUT2D eigenvalue weighted by Gasteiger charge is -2.24. The molecule has 0 bridgehead atoms. The van der Waals surface area contributed by atoms with Gasteiger partial charge in [-0.1, -0.05) is 29.8 Å². The van der Waals surface area contributed by atoms with E-state index in [1.165, 1.54) is 0 Å². The van der Waals surface area contributed by atoms with E-state index in [2.05, 4.69) is 0 Å². The van der Waals surface area contributed by atoms with Gasteiger partial charge in [0.15, 0.2) is 12.1 Å². The Morgan fingerprint density at radius 3 is 1.52 bits per heavy atom. The van der Waals surface area contributed by atoms with E-state index in [4.69, 9.17) is 39.4 Å². The van der Waals surface area contributed by atoms with E-state index in [1.54, 1.807) is 13.8 Å². The van der Waals surface area contributed by atoms with Crippen molar-refractivity contribution < 1.29 is 39.4 Å². The van der Waals surface area contributed by atoms with Crippen LogP contribution in [0, 0.1) is 6.92 Å². The van der Waals surface area contributed by atoms with Crippen molar-refractivity contribution in [3.05, 3.63) is 35.4 Å². The second-order valence-corrected chi connectivity index (χ2v) is 5.98. The Labute approximate surface area is 161 Å². The van der Waals surface area contributed by atoms with Gasteiger partial charge in [0.25, 0.3) is 0 Å². The van der Waals surface area contributed by atoms with Gasteiger partial charge in [0, 0.05) is 5.56 Å². The first-order chi connectivity index (χ1) is 12.9. The molecule has 0 spiro atoms. The molecule has 0 aliphatic heterocycles. The largest absolute Gasteiger partial charge is 0.394 e. The number of aryl methyl sites for hydroxylation is 1. The van der Waals surface area contributed by atoms with E-state index in [-0.39, 0.29) is 52.9 Å². The summed E-state index contributed by atoms with van der Waals surface area (Å²) in [6.07, 6.45) is -0.528. The minimum Gasteiger partial charge on any atom is -0.394 e. The van der Waals surface area contributed by atoms with Crippen LogP contribution in [-0.4, -0.2) is 79.1 Å². The molecule has 158 valence electrons. The topological polar surface area (TPSA) is 118 Å². The molecule has 1 aromatic carbocycles. The minimum atomic E-state index is -0.717. The van der Waals surface area contributed by atoms with Crippen molar-refractivity contribution in [2.45, 2.75) is 32.8 Å². The highest BCUT2D eigenvalue weighted by atomic mass is 16.7. The first-order valence-electron chi connectivity index (χ1n) is 8.91. The third-order valence-corrected chi connectivity index (χ3v) is 3.15. The SMILES string of the molecule is CC(C)(OCCO)OCCO.Cc1ccc(C(OCCO)OCCO)cc1. The number of hydrogen-bond acceptors (Lipinski definition) is 8. The summed E-state index contributed by atoms with van der Waals surface area (Å²) in [4.78, 5) is 0. The van der Waals surface area contributed by atoms with Gasteiger partial charge in [-0.05, 0) is 20.8 Å². The molecular weight excluding hydrogens is 356 g/mol. The normalized spacial score (nSPS) is 11.4. The second-order valence-electron chi connectivity index (χ2n) is 5.98. The van der Waals surface area contributed by atoms with Crippen LogP contribution in [0.15, 0.2) is 24.3 Å². The molecule has 0 unspecified atom stereocenters. The van der Waals surface area contributed by atoms with Crippen LogP contribution in [0.5, 0.6) is 0 Å². The zero-order chi connectivity index (χ0) is 20.5. The summed E-state index contributed by atoms with van der Waals surface area (Å²) >= 11 is 0. The van der Waals surface area contributed by atoms with E-state index in [0.717, 1.165) is 11.1 Å². The quantitative estimate of drug-likeness (QED) is 0.365. The van der Waals surface area contributed by atoms with Gasteiger partial charge in [0.05, 0.1) is 52.9 Å². The summed E-state index contributed by atoms with van der Waals surface area (Å²) in [6.45, 7) is 6.25. The predicted molar refractivity (Wildman–Crippen MR) is 100 cm³/mol. The number of benzene rings is 1. The molecule has 0 radical (unpaired) electrons. The number of hydrogen-bond donors (Lipinski definition) is 4. The minimum absolute atomic E-state index is 0.0219. The molecule has 0 aliphatic rings. The third-order valence-electron chi connectivity index (χ3n) is 3.15. The molecule has 8 heteroatoms.